The first kappa shape index (κ1) is 17.8. The van der Waals surface area contributed by atoms with Gasteiger partial charge in [0.15, 0.2) is 5.65 Å². The zero-order valence-electron chi connectivity index (χ0n) is 15.9. The molecule has 5 aromatic rings. The minimum atomic E-state index is 0.587. The summed E-state index contributed by atoms with van der Waals surface area (Å²) in [6.07, 6.45) is 1.74. The molecule has 5 rings (SSSR count). The summed E-state index contributed by atoms with van der Waals surface area (Å²) in [6, 6.07) is 22.2. The fourth-order valence-electron chi connectivity index (χ4n) is 3.33. The van der Waals surface area contributed by atoms with Crippen molar-refractivity contribution >= 4 is 32.7 Å². The monoisotopic (exact) mass is 401 g/mol. The first-order valence-corrected chi connectivity index (χ1v) is 10.2. The quantitative estimate of drug-likeness (QED) is 0.357. The van der Waals surface area contributed by atoms with E-state index in [0.29, 0.717) is 10.8 Å². The Morgan fingerprint density at radius 1 is 1.00 bits per heavy atom. The smallest absolute Gasteiger partial charge is 0.281 e. The van der Waals surface area contributed by atoms with E-state index in [9.17, 15) is 0 Å². The van der Waals surface area contributed by atoms with Crippen molar-refractivity contribution in [1.82, 2.24) is 14.9 Å². The third kappa shape index (κ3) is 3.99. The van der Waals surface area contributed by atoms with Gasteiger partial charge in [-0.1, -0.05) is 41.7 Å². The molecule has 0 radical (unpaired) electrons. The van der Waals surface area contributed by atoms with Crippen LogP contribution in [0.15, 0.2) is 77.3 Å². The number of hydrogen-bond acceptors (Lipinski definition) is 6. The van der Waals surface area contributed by atoms with E-state index >= 15 is 0 Å². The first-order valence-electron chi connectivity index (χ1n) is 9.37. The van der Waals surface area contributed by atoms with Gasteiger partial charge in [0.2, 0.25) is 0 Å². The Hall–Kier alpha value is -3.22. The van der Waals surface area contributed by atoms with E-state index < -0.39 is 0 Å². The van der Waals surface area contributed by atoms with Gasteiger partial charge in [0.1, 0.15) is 17.1 Å². The van der Waals surface area contributed by atoms with E-state index in [2.05, 4.69) is 52.2 Å². The maximum Gasteiger partial charge on any atom is 0.281 e. The van der Waals surface area contributed by atoms with Gasteiger partial charge in [-0.05, 0) is 49.0 Å². The van der Waals surface area contributed by atoms with Crippen LogP contribution in [-0.2, 0) is 13.1 Å². The van der Waals surface area contributed by atoms with Crippen LogP contribution in [0.25, 0.3) is 21.3 Å². The zero-order valence-corrected chi connectivity index (χ0v) is 16.7. The maximum absolute atomic E-state index is 6.01. The molecule has 2 aromatic carbocycles. The van der Waals surface area contributed by atoms with E-state index in [0.717, 1.165) is 40.3 Å². The van der Waals surface area contributed by atoms with Gasteiger partial charge in [-0.2, -0.15) is 4.98 Å². The van der Waals surface area contributed by atoms with Gasteiger partial charge in [0, 0.05) is 18.1 Å². The predicted molar refractivity (Wildman–Crippen MR) is 115 cm³/mol. The normalized spacial score (nSPS) is 11.5. The summed E-state index contributed by atoms with van der Waals surface area (Å²) < 4.78 is 13.0. The number of benzene rings is 2. The summed E-state index contributed by atoms with van der Waals surface area (Å²) in [5.41, 5.74) is 2.85. The highest BCUT2D eigenvalue weighted by atomic mass is 32.1. The molecule has 29 heavy (non-hydrogen) atoms. The van der Waals surface area contributed by atoms with Gasteiger partial charge < -0.3 is 9.15 Å². The molecule has 0 unspecified atom stereocenters. The fraction of sp³-hybridized carbons (Fsp3) is 0.130. The number of aromatic nitrogens is 2. The zero-order chi connectivity index (χ0) is 19.6. The second-order valence-electron chi connectivity index (χ2n) is 6.98. The number of pyridine rings is 1. The molecule has 0 aliphatic rings. The molecule has 3 heterocycles. The molecular formula is C23H19N3O2S. The number of rotatable bonds is 6. The highest BCUT2D eigenvalue weighted by Gasteiger charge is 2.11. The molecule has 5 nitrogen and oxygen atoms in total. The van der Waals surface area contributed by atoms with Gasteiger partial charge >= 0.3 is 0 Å². The number of ether oxygens (including phenoxy) is 1. The summed E-state index contributed by atoms with van der Waals surface area (Å²) in [4.78, 5) is 10.9. The molecule has 0 fully saturated rings. The van der Waals surface area contributed by atoms with Gasteiger partial charge in [0.25, 0.3) is 5.19 Å². The SMILES string of the molecule is CN(Cc1ccccc1)Cc1cc2cc(Oc3nc4ncccc4s3)ccc2o1. The second-order valence-corrected chi connectivity index (χ2v) is 7.97. The molecule has 0 saturated heterocycles. The Kier molecular flexibility index (Phi) is 4.71. The fourth-order valence-corrected chi connectivity index (χ4v) is 4.12. The van der Waals surface area contributed by atoms with Crippen LogP contribution >= 0.6 is 11.3 Å². The highest BCUT2D eigenvalue weighted by molar-refractivity contribution is 7.20. The van der Waals surface area contributed by atoms with Gasteiger partial charge in [-0.25, -0.2) is 4.98 Å². The van der Waals surface area contributed by atoms with Crippen LogP contribution in [0.1, 0.15) is 11.3 Å². The van der Waals surface area contributed by atoms with Crippen molar-refractivity contribution in [2.45, 2.75) is 13.1 Å². The van der Waals surface area contributed by atoms with Gasteiger partial charge in [0.05, 0.1) is 11.2 Å². The van der Waals surface area contributed by atoms with Crippen molar-refractivity contribution in [1.29, 1.82) is 0 Å². The van der Waals surface area contributed by atoms with Crippen LogP contribution in [0.3, 0.4) is 0 Å². The standard InChI is InChI=1S/C23H19N3O2S/c1-26(14-16-6-3-2-4-7-16)15-19-13-17-12-18(9-10-20(17)27-19)28-23-25-22-21(29-23)8-5-11-24-22/h2-13H,14-15H2,1H3. The number of nitrogens with zero attached hydrogens (tertiary/aromatic N) is 3. The largest absolute Gasteiger partial charge is 0.460 e. The molecule has 0 N–H and O–H groups in total. The Morgan fingerprint density at radius 2 is 1.90 bits per heavy atom. The van der Waals surface area contributed by atoms with Crippen LogP contribution < -0.4 is 4.74 Å². The maximum atomic E-state index is 6.01. The van der Waals surface area contributed by atoms with E-state index in [4.69, 9.17) is 9.15 Å². The Labute approximate surface area is 172 Å². The molecule has 0 atom stereocenters. The molecule has 0 spiro atoms. The minimum Gasteiger partial charge on any atom is -0.460 e. The summed E-state index contributed by atoms with van der Waals surface area (Å²) in [5, 5.41) is 1.61. The van der Waals surface area contributed by atoms with Crippen molar-refractivity contribution in [2.75, 3.05) is 7.05 Å². The Bertz CT molecular complexity index is 1230. The molecule has 0 bridgehead atoms. The average Bonchev–Trinajstić information content (AvgIpc) is 3.30. The lowest BCUT2D eigenvalue weighted by atomic mass is 10.2. The van der Waals surface area contributed by atoms with Crippen LogP contribution in [0.5, 0.6) is 10.9 Å². The van der Waals surface area contributed by atoms with Crippen molar-refractivity contribution in [3.63, 3.8) is 0 Å². The lowest BCUT2D eigenvalue weighted by Gasteiger charge is -2.14. The number of fused-ring (bicyclic) bond motifs is 2. The summed E-state index contributed by atoms with van der Waals surface area (Å²) in [6.45, 7) is 1.61. The summed E-state index contributed by atoms with van der Waals surface area (Å²) in [7, 11) is 2.09. The third-order valence-corrected chi connectivity index (χ3v) is 5.50. The van der Waals surface area contributed by atoms with Crippen LogP contribution in [0, 0.1) is 0 Å². The predicted octanol–water partition coefficient (Wildman–Crippen LogP) is 5.86. The van der Waals surface area contributed by atoms with E-state index in [-0.39, 0.29) is 0 Å². The average molecular weight is 401 g/mol. The molecule has 3 aromatic heterocycles. The van der Waals surface area contributed by atoms with Gasteiger partial charge in [-0.3, -0.25) is 4.90 Å². The van der Waals surface area contributed by atoms with Gasteiger partial charge in [-0.15, -0.1) is 0 Å². The van der Waals surface area contributed by atoms with Crippen molar-refractivity contribution < 1.29 is 9.15 Å². The number of hydrogen-bond donors (Lipinski definition) is 0. The molecule has 6 heteroatoms. The van der Waals surface area contributed by atoms with E-state index in [1.165, 1.54) is 16.9 Å². The molecule has 144 valence electrons. The van der Waals surface area contributed by atoms with Crippen molar-refractivity contribution in [2.24, 2.45) is 0 Å². The first-order chi connectivity index (χ1) is 14.2. The molecular weight excluding hydrogens is 382 g/mol. The number of furan rings is 1. The Morgan fingerprint density at radius 3 is 2.76 bits per heavy atom. The lowest BCUT2D eigenvalue weighted by molar-refractivity contribution is 0.292. The van der Waals surface area contributed by atoms with E-state index in [1.54, 1.807) is 6.20 Å². The summed E-state index contributed by atoms with van der Waals surface area (Å²) in [5.74, 6) is 1.67. The highest BCUT2D eigenvalue weighted by Crippen LogP contribution is 2.32. The van der Waals surface area contributed by atoms with Crippen LogP contribution in [-0.4, -0.2) is 21.9 Å². The second kappa shape index (κ2) is 7.66. The molecule has 0 saturated carbocycles. The third-order valence-electron chi connectivity index (χ3n) is 4.61. The molecule has 0 aliphatic heterocycles. The molecule has 0 aliphatic carbocycles. The van der Waals surface area contributed by atoms with Crippen LogP contribution in [0.2, 0.25) is 0 Å². The summed E-state index contributed by atoms with van der Waals surface area (Å²) >= 11 is 1.49. The minimum absolute atomic E-state index is 0.587. The molecule has 0 amide bonds. The van der Waals surface area contributed by atoms with Crippen molar-refractivity contribution in [3.05, 3.63) is 84.3 Å². The van der Waals surface area contributed by atoms with Crippen molar-refractivity contribution in [3.8, 4) is 10.9 Å². The number of thiazole rings is 1. The lowest BCUT2D eigenvalue weighted by Crippen LogP contribution is -2.16. The topological polar surface area (TPSA) is 51.4 Å². The van der Waals surface area contributed by atoms with Crippen LogP contribution in [0.4, 0.5) is 0 Å². The Balaban J connectivity index is 1.31. The van der Waals surface area contributed by atoms with E-state index in [1.807, 2.05) is 36.4 Å².